The third kappa shape index (κ3) is 6.17. The van der Waals surface area contributed by atoms with Crippen LogP contribution in [0, 0.1) is 11.7 Å². The van der Waals surface area contributed by atoms with Crippen molar-refractivity contribution in [2.24, 2.45) is 5.92 Å². The number of nitrogens with one attached hydrogen (secondary N) is 2. The van der Waals surface area contributed by atoms with E-state index in [0.717, 1.165) is 5.56 Å². The Hall–Kier alpha value is -3.67. The summed E-state index contributed by atoms with van der Waals surface area (Å²) in [6.07, 6.45) is 0. The van der Waals surface area contributed by atoms with Crippen LogP contribution in [0.2, 0.25) is 0 Å². The van der Waals surface area contributed by atoms with Crippen molar-refractivity contribution in [3.8, 4) is 5.75 Å². The van der Waals surface area contributed by atoms with E-state index in [1.54, 1.807) is 30.3 Å². The molecule has 0 aliphatic carbocycles. The van der Waals surface area contributed by atoms with E-state index in [1.165, 1.54) is 18.2 Å². The molecule has 166 valence electrons. The van der Waals surface area contributed by atoms with Crippen LogP contribution in [-0.2, 0) is 4.79 Å². The third-order valence-electron chi connectivity index (χ3n) is 5.15. The van der Waals surface area contributed by atoms with Gasteiger partial charge in [0.15, 0.2) is 6.61 Å². The number of anilines is 1. The van der Waals surface area contributed by atoms with Crippen molar-refractivity contribution < 1.29 is 18.7 Å². The topological polar surface area (TPSA) is 67.4 Å². The van der Waals surface area contributed by atoms with E-state index in [-0.39, 0.29) is 29.9 Å². The molecule has 0 aliphatic heterocycles. The summed E-state index contributed by atoms with van der Waals surface area (Å²) in [5.74, 6) is -0.537. The SMILES string of the molecule is CC(C)C(CNC(=O)c1ccccc1OCC(=O)Nc1ccccc1F)c1ccccc1. The molecule has 3 rings (SSSR count). The zero-order valence-corrected chi connectivity index (χ0v) is 18.2. The standard InChI is InChI=1S/C26H27FN2O3/c1-18(2)21(19-10-4-3-5-11-19)16-28-26(31)20-12-6-9-15-24(20)32-17-25(30)29-23-14-8-7-13-22(23)27/h3-15,18,21H,16-17H2,1-2H3,(H,28,31)(H,29,30). The predicted octanol–water partition coefficient (Wildman–Crippen LogP) is 5.01. The molecule has 0 heterocycles. The van der Waals surface area contributed by atoms with E-state index >= 15 is 0 Å². The van der Waals surface area contributed by atoms with E-state index in [2.05, 4.69) is 36.6 Å². The Kier molecular flexibility index (Phi) is 7.97. The van der Waals surface area contributed by atoms with Gasteiger partial charge < -0.3 is 15.4 Å². The Morgan fingerprint density at radius 2 is 1.56 bits per heavy atom. The second-order valence-corrected chi connectivity index (χ2v) is 7.78. The number of halogens is 1. The number of carbonyl (C=O) groups is 2. The molecule has 3 aromatic rings. The van der Waals surface area contributed by atoms with Crippen LogP contribution in [0.25, 0.3) is 0 Å². The molecular formula is C26H27FN2O3. The fourth-order valence-corrected chi connectivity index (χ4v) is 3.41. The Labute approximate surface area is 187 Å². The minimum atomic E-state index is -0.529. The van der Waals surface area contributed by atoms with Gasteiger partial charge in [0.2, 0.25) is 0 Å². The quantitative estimate of drug-likeness (QED) is 0.497. The lowest BCUT2D eigenvalue weighted by molar-refractivity contribution is -0.118. The molecule has 0 radical (unpaired) electrons. The van der Waals surface area contributed by atoms with Gasteiger partial charge in [-0.25, -0.2) is 4.39 Å². The van der Waals surface area contributed by atoms with Crippen molar-refractivity contribution in [3.63, 3.8) is 0 Å². The molecule has 2 N–H and O–H groups in total. The third-order valence-corrected chi connectivity index (χ3v) is 5.15. The number of ether oxygens (including phenoxy) is 1. The second-order valence-electron chi connectivity index (χ2n) is 7.78. The second kappa shape index (κ2) is 11.1. The van der Waals surface area contributed by atoms with Crippen LogP contribution < -0.4 is 15.4 Å². The van der Waals surface area contributed by atoms with Gasteiger partial charge >= 0.3 is 0 Å². The summed E-state index contributed by atoms with van der Waals surface area (Å²) in [6.45, 7) is 4.37. The Bertz CT molecular complexity index is 1050. The van der Waals surface area contributed by atoms with Crippen LogP contribution in [-0.4, -0.2) is 25.0 Å². The van der Waals surface area contributed by atoms with E-state index < -0.39 is 11.7 Å². The van der Waals surface area contributed by atoms with Crippen LogP contribution in [0.1, 0.15) is 35.7 Å². The molecule has 1 unspecified atom stereocenters. The van der Waals surface area contributed by atoms with Gasteiger partial charge in [0, 0.05) is 12.5 Å². The van der Waals surface area contributed by atoms with Crippen LogP contribution in [0.15, 0.2) is 78.9 Å². The summed E-state index contributed by atoms with van der Waals surface area (Å²) in [5, 5.41) is 5.45. The molecule has 6 heteroatoms. The number of hydrogen-bond donors (Lipinski definition) is 2. The fourth-order valence-electron chi connectivity index (χ4n) is 3.41. The Balaban J connectivity index is 1.62. The number of benzene rings is 3. The van der Waals surface area contributed by atoms with Crippen molar-refractivity contribution in [2.45, 2.75) is 19.8 Å². The summed E-state index contributed by atoms with van der Waals surface area (Å²) >= 11 is 0. The number of hydrogen-bond acceptors (Lipinski definition) is 3. The molecule has 0 fully saturated rings. The van der Waals surface area contributed by atoms with E-state index in [9.17, 15) is 14.0 Å². The maximum Gasteiger partial charge on any atom is 0.262 e. The molecule has 2 amide bonds. The van der Waals surface area contributed by atoms with Crippen molar-refractivity contribution >= 4 is 17.5 Å². The zero-order chi connectivity index (χ0) is 22.9. The molecule has 32 heavy (non-hydrogen) atoms. The summed E-state index contributed by atoms with van der Waals surface area (Å²) < 4.78 is 19.3. The normalized spacial score (nSPS) is 11.6. The van der Waals surface area contributed by atoms with Crippen molar-refractivity contribution in [2.75, 3.05) is 18.5 Å². The van der Waals surface area contributed by atoms with Gasteiger partial charge in [-0.3, -0.25) is 9.59 Å². The summed E-state index contributed by atoms with van der Waals surface area (Å²) in [5.41, 5.74) is 1.58. The van der Waals surface area contributed by atoms with Crippen LogP contribution in [0.5, 0.6) is 5.75 Å². The lowest BCUT2D eigenvalue weighted by Gasteiger charge is -2.22. The molecule has 0 aliphatic rings. The number of para-hydroxylation sites is 2. The minimum absolute atomic E-state index is 0.0766. The molecule has 0 aromatic heterocycles. The fraction of sp³-hybridized carbons (Fsp3) is 0.231. The van der Waals surface area contributed by atoms with Gasteiger partial charge in [-0.15, -0.1) is 0 Å². The van der Waals surface area contributed by atoms with Crippen molar-refractivity contribution in [1.29, 1.82) is 0 Å². The van der Waals surface area contributed by atoms with Gasteiger partial charge in [0.05, 0.1) is 11.3 Å². The average molecular weight is 435 g/mol. The van der Waals surface area contributed by atoms with Crippen molar-refractivity contribution in [1.82, 2.24) is 5.32 Å². The first-order valence-corrected chi connectivity index (χ1v) is 10.5. The molecule has 0 saturated heterocycles. The van der Waals surface area contributed by atoms with E-state index in [4.69, 9.17) is 4.74 Å². The highest BCUT2D eigenvalue weighted by Gasteiger charge is 2.19. The van der Waals surface area contributed by atoms with Gasteiger partial charge in [0.1, 0.15) is 11.6 Å². The molecular weight excluding hydrogens is 407 g/mol. The minimum Gasteiger partial charge on any atom is -0.483 e. The maximum absolute atomic E-state index is 13.7. The average Bonchev–Trinajstić information content (AvgIpc) is 2.80. The van der Waals surface area contributed by atoms with Crippen LogP contribution in [0.4, 0.5) is 10.1 Å². The summed E-state index contributed by atoms with van der Waals surface area (Å²) in [6, 6.07) is 22.7. The van der Waals surface area contributed by atoms with Gasteiger partial charge in [0.25, 0.3) is 11.8 Å². The largest absolute Gasteiger partial charge is 0.483 e. The smallest absolute Gasteiger partial charge is 0.262 e. The lowest BCUT2D eigenvalue weighted by Crippen LogP contribution is -2.31. The first-order valence-electron chi connectivity index (χ1n) is 10.5. The predicted molar refractivity (Wildman–Crippen MR) is 123 cm³/mol. The molecule has 1 atom stereocenters. The molecule has 0 bridgehead atoms. The number of carbonyl (C=O) groups excluding carboxylic acids is 2. The Morgan fingerprint density at radius 1 is 0.906 bits per heavy atom. The van der Waals surface area contributed by atoms with Crippen molar-refractivity contribution in [3.05, 3.63) is 95.8 Å². The lowest BCUT2D eigenvalue weighted by atomic mass is 9.88. The highest BCUT2D eigenvalue weighted by atomic mass is 19.1. The first kappa shape index (κ1) is 23.0. The zero-order valence-electron chi connectivity index (χ0n) is 18.2. The van der Waals surface area contributed by atoms with Gasteiger partial charge in [-0.05, 0) is 35.7 Å². The van der Waals surface area contributed by atoms with Gasteiger partial charge in [-0.2, -0.15) is 0 Å². The highest BCUT2D eigenvalue weighted by Crippen LogP contribution is 2.24. The highest BCUT2D eigenvalue weighted by molar-refractivity contribution is 5.97. The van der Waals surface area contributed by atoms with Crippen LogP contribution in [0.3, 0.4) is 0 Å². The summed E-state index contributed by atoms with van der Waals surface area (Å²) in [7, 11) is 0. The van der Waals surface area contributed by atoms with E-state index in [0.29, 0.717) is 18.0 Å². The maximum atomic E-state index is 13.7. The summed E-state index contributed by atoms with van der Waals surface area (Å²) in [4.78, 5) is 25.0. The van der Waals surface area contributed by atoms with E-state index in [1.807, 2.05) is 18.2 Å². The Morgan fingerprint density at radius 3 is 2.28 bits per heavy atom. The molecule has 3 aromatic carbocycles. The molecule has 0 spiro atoms. The number of amides is 2. The number of rotatable bonds is 9. The molecule has 5 nitrogen and oxygen atoms in total. The van der Waals surface area contributed by atoms with Gasteiger partial charge in [-0.1, -0.05) is 68.4 Å². The molecule has 0 saturated carbocycles. The monoisotopic (exact) mass is 434 g/mol. The van der Waals surface area contributed by atoms with Crippen LogP contribution >= 0.6 is 0 Å². The first-order chi connectivity index (χ1) is 15.5.